The maximum Gasteiger partial charge on any atom is 0.291 e. The van der Waals surface area contributed by atoms with E-state index in [0.717, 1.165) is 0 Å². The van der Waals surface area contributed by atoms with Crippen molar-refractivity contribution in [2.24, 2.45) is 0 Å². The van der Waals surface area contributed by atoms with Crippen molar-refractivity contribution in [3.8, 4) is 0 Å². The van der Waals surface area contributed by atoms with Crippen LogP contribution in [0.25, 0.3) is 0 Å². The number of rotatable bonds is 0. The lowest BCUT2D eigenvalue weighted by Gasteiger charge is -1.56. The van der Waals surface area contributed by atoms with Crippen molar-refractivity contribution < 1.29 is 51.5 Å². The van der Waals surface area contributed by atoms with Gasteiger partial charge in [0.2, 0.25) is 0 Å². The highest BCUT2D eigenvalue weighted by Gasteiger charge is 1.66. The van der Waals surface area contributed by atoms with Crippen molar-refractivity contribution in [1.82, 2.24) is 6.15 Å². The first-order chi connectivity index (χ1) is 8.66. The minimum absolute atomic E-state index is 0. The summed E-state index contributed by atoms with van der Waals surface area (Å²) in [6, 6.07) is 0. The Morgan fingerprint density at radius 3 is 0.429 bits per heavy atom. The van der Waals surface area contributed by atoms with Crippen LogP contribution in [0.3, 0.4) is 0 Å². The van der Waals surface area contributed by atoms with E-state index in [1.165, 1.54) is 0 Å². The summed E-state index contributed by atoms with van der Waals surface area (Å²) in [7, 11) is 0. The van der Waals surface area contributed by atoms with Crippen molar-refractivity contribution in [1.29, 1.82) is 0 Å². The number of hydrogen-bond donors (Lipinski definition) is 6. The largest absolute Gasteiger partial charge is 0.344 e. The predicted molar refractivity (Wildman–Crippen MR) is 48.9 cm³/mol. The minimum Gasteiger partial charge on any atom is -0.344 e. The van der Waals surface area contributed by atoms with Crippen LogP contribution in [-0.4, -0.2) is 51.5 Å². The van der Waals surface area contributed by atoms with Gasteiger partial charge in [0.05, 0.1) is 0 Å². The second-order valence-electron chi connectivity index (χ2n) is 1.19. The molecule has 0 spiro atoms. The van der Waals surface area contributed by atoms with E-state index in [-0.39, 0.29) is 6.15 Å². The maximum atomic E-state index is 8.36. The van der Waals surface area contributed by atoms with Crippen LogP contribution >= 0.6 is 0 Å². The lowest BCUT2D eigenvalue weighted by Crippen LogP contribution is -1.81. The first kappa shape index (κ1) is 36.0. The molecule has 0 aromatic rings. The molecule has 8 N–H and O–H groups in total. The third kappa shape index (κ3) is 191. The van der Waals surface area contributed by atoms with Gasteiger partial charge in [0, 0.05) is 0 Å². The molecule has 0 saturated heterocycles. The summed E-state index contributed by atoms with van der Waals surface area (Å²) in [5.41, 5.74) is 0. The van der Waals surface area contributed by atoms with Gasteiger partial charge < -0.3 is 32.2 Å². The van der Waals surface area contributed by atoms with E-state index >= 15 is 0 Å². The normalized spacial score (nSPS) is 5.71. The van der Waals surface area contributed by atoms with E-state index in [1.807, 2.05) is 0 Å². The first-order valence-electron chi connectivity index (χ1n) is 2.83. The van der Waals surface area contributed by atoms with Crippen LogP contribution in [0.15, 0.2) is 0 Å². The molecule has 0 atom stereocenters. The first-order valence-corrected chi connectivity index (χ1v) is 2.83. The van der Waals surface area contributed by atoms with Gasteiger partial charge in [-0.15, -0.1) is 50.6 Å². The summed E-state index contributed by atoms with van der Waals surface area (Å²) < 4.78 is 0. The SMILES string of the molecule is N.O=[N+]([O-])O.O=[N+]([O-])O.O=[N+]([O-])O.O=[N+]([O-])O.O=[N+]([O-])O. The summed E-state index contributed by atoms with van der Waals surface area (Å²) in [5, 5.41) is 68.2. The second-order valence-corrected chi connectivity index (χ2v) is 1.19. The Kier molecular flexibility index (Phi) is 50.9. The lowest BCUT2D eigenvalue weighted by molar-refractivity contribution is -0.742. The lowest BCUT2D eigenvalue weighted by atomic mass is 13.1. The smallest absolute Gasteiger partial charge is 0.291 e. The summed E-state index contributed by atoms with van der Waals surface area (Å²) in [6.07, 6.45) is 0. The molecule has 0 bridgehead atoms. The Hall–Kier alpha value is -4.04. The van der Waals surface area contributed by atoms with Crippen molar-refractivity contribution in [3.05, 3.63) is 50.6 Å². The van der Waals surface area contributed by atoms with Crippen molar-refractivity contribution >= 4 is 0 Å². The van der Waals surface area contributed by atoms with Crippen LogP contribution in [0.2, 0.25) is 0 Å². The molecule has 0 aromatic carbocycles. The predicted octanol–water partition coefficient (Wildman–Crippen LogP) is -1.58. The fourth-order valence-electron chi connectivity index (χ4n) is 0. The third-order valence-corrected chi connectivity index (χ3v) is 0. The molecule has 21 nitrogen and oxygen atoms in total. The molecule has 0 radical (unpaired) electrons. The summed E-state index contributed by atoms with van der Waals surface area (Å²) >= 11 is 0. The van der Waals surface area contributed by atoms with Gasteiger partial charge in [0.15, 0.2) is 0 Å². The molecular formula is H8N6O15. The number of nitrogens with zero attached hydrogens (tertiary/aromatic N) is 5. The zero-order chi connectivity index (χ0) is 17.9. The van der Waals surface area contributed by atoms with Gasteiger partial charge in [-0.1, -0.05) is 0 Å². The molecule has 0 aromatic heterocycles. The molecule has 128 valence electrons. The van der Waals surface area contributed by atoms with Gasteiger partial charge >= 0.3 is 0 Å². The molecule has 0 unspecified atom stereocenters. The Balaban J connectivity index is -0.0000000331. The summed E-state index contributed by atoms with van der Waals surface area (Å²) in [6.45, 7) is 0. The Morgan fingerprint density at radius 1 is 0.429 bits per heavy atom. The molecular weight excluding hydrogens is 324 g/mol. The molecule has 0 rings (SSSR count). The molecule has 0 aliphatic carbocycles. The van der Waals surface area contributed by atoms with Gasteiger partial charge in [0.25, 0.3) is 25.4 Å². The van der Waals surface area contributed by atoms with Crippen LogP contribution < -0.4 is 6.15 Å². The summed E-state index contributed by atoms with van der Waals surface area (Å²) in [4.78, 5) is 41.8. The van der Waals surface area contributed by atoms with Gasteiger partial charge in [-0.3, -0.25) is 0 Å². The monoisotopic (exact) mass is 332 g/mol. The molecule has 0 aliphatic rings. The van der Waals surface area contributed by atoms with Crippen molar-refractivity contribution in [2.75, 3.05) is 0 Å². The van der Waals surface area contributed by atoms with E-state index in [2.05, 4.69) is 0 Å². The zero-order valence-electron chi connectivity index (χ0n) is 9.26. The minimum atomic E-state index is -1.50. The van der Waals surface area contributed by atoms with Crippen LogP contribution in [0.5, 0.6) is 0 Å². The fourth-order valence-corrected chi connectivity index (χ4v) is 0. The molecule has 21 heteroatoms. The highest BCUT2D eigenvalue weighted by Crippen LogP contribution is 1.39. The van der Waals surface area contributed by atoms with Crippen LogP contribution in [0.1, 0.15) is 0 Å². The van der Waals surface area contributed by atoms with Crippen LogP contribution in [0.4, 0.5) is 0 Å². The van der Waals surface area contributed by atoms with Crippen molar-refractivity contribution in [3.63, 3.8) is 0 Å². The topological polar surface area (TPSA) is 352 Å². The second kappa shape index (κ2) is 29.7. The van der Waals surface area contributed by atoms with Gasteiger partial charge in [0.1, 0.15) is 0 Å². The van der Waals surface area contributed by atoms with E-state index in [4.69, 9.17) is 76.6 Å². The van der Waals surface area contributed by atoms with E-state index in [0.29, 0.717) is 0 Å². The molecule has 0 amide bonds. The third-order valence-electron chi connectivity index (χ3n) is 0. The average Bonchev–Trinajstić information content (AvgIpc) is 1.94. The molecule has 0 aliphatic heterocycles. The number of hydrogen-bond acceptors (Lipinski definition) is 11. The zero-order valence-corrected chi connectivity index (χ0v) is 9.26. The Bertz CT molecular complexity index is 203. The quantitative estimate of drug-likeness (QED) is 0.215. The van der Waals surface area contributed by atoms with E-state index < -0.39 is 25.4 Å². The average molecular weight is 332 g/mol. The molecule has 21 heavy (non-hydrogen) atoms. The highest BCUT2D eigenvalue weighted by molar-refractivity contribution is 3.84. The molecule has 0 heterocycles. The van der Waals surface area contributed by atoms with Crippen LogP contribution in [-0.2, 0) is 0 Å². The highest BCUT2D eigenvalue weighted by atomic mass is 16.9. The standard InChI is InChI=1S/5HNO3.H3N/c5*2-1(3)4;/h5*(H,2,3,4);1H3. The molecule has 0 fully saturated rings. The maximum absolute atomic E-state index is 8.36. The van der Waals surface area contributed by atoms with E-state index in [1.54, 1.807) is 0 Å². The molecule has 0 saturated carbocycles. The Labute approximate surface area is 110 Å². The van der Waals surface area contributed by atoms with Gasteiger partial charge in [-0.05, 0) is 0 Å². The summed E-state index contributed by atoms with van der Waals surface area (Å²) in [5.74, 6) is 0. The van der Waals surface area contributed by atoms with Crippen LogP contribution in [0, 0.1) is 50.6 Å². The van der Waals surface area contributed by atoms with Gasteiger partial charge in [-0.2, -0.15) is 0 Å². The Morgan fingerprint density at radius 2 is 0.429 bits per heavy atom. The van der Waals surface area contributed by atoms with Crippen molar-refractivity contribution in [2.45, 2.75) is 0 Å². The van der Waals surface area contributed by atoms with Gasteiger partial charge in [-0.25, -0.2) is 0 Å². The van der Waals surface area contributed by atoms with E-state index in [9.17, 15) is 0 Å². The fraction of sp³-hybridized carbons (Fsp3) is 0.